The highest BCUT2D eigenvalue weighted by molar-refractivity contribution is 5.76. The number of ether oxygens (including phenoxy) is 1. The molecule has 0 aliphatic carbocycles. The minimum atomic E-state index is -1.02. The smallest absolute Gasteiger partial charge is 0.320 e. The lowest BCUT2D eigenvalue weighted by atomic mass is 9.76. The first kappa shape index (κ1) is 24.2. The van der Waals surface area contributed by atoms with Crippen LogP contribution in [0, 0.1) is 0 Å². The van der Waals surface area contributed by atoms with Crippen molar-refractivity contribution in [3.63, 3.8) is 0 Å². The van der Waals surface area contributed by atoms with Crippen molar-refractivity contribution in [3.05, 3.63) is 108 Å². The summed E-state index contributed by atoms with van der Waals surface area (Å²) in [6.45, 7) is 5.38. The van der Waals surface area contributed by atoms with Crippen molar-refractivity contribution in [2.75, 3.05) is 0 Å². The molecule has 0 spiro atoms. The van der Waals surface area contributed by atoms with E-state index in [0.717, 1.165) is 16.7 Å². The maximum atomic E-state index is 12.4. The van der Waals surface area contributed by atoms with Crippen LogP contribution < -0.4 is 5.32 Å². The monoisotopic (exact) mass is 445 g/mol. The number of esters is 1. The van der Waals surface area contributed by atoms with Crippen LogP contribution in [0.1, 0.15) is 50.3 Å². The summed E-state index contributed by atoms with van der Waals surface area (Å²) in [5.74, 6) is -1.44. The molecule has 3 rings (SSSR count). The van der Waals surface area contributed by atoms with E-state index in [1.165, 1.54) is 0 Å². The molecule has 33 heavy (non-hydrogen) atoms. The van der Waals surface area contributed by atoms with Crippen LogP contribution in [-0.2, 0) is 19.9 Å². The molecule has 0 saturated heterocycles. The Kier molecular flexibility index (Phi) is 7.67. The number of carbonyl (C=O) groups excluding carboxylic acids is 1. The predicted molar refractivity (Wildman–Crippen MR) is 129 cm³/mol. The zero-order valence-corrected chi connectivity index (χ0v) is 19.3. The topological polar surface area (TPSA) is 75.6 Å². The summed E-state index contributed by atoms with van der Waals surface area (Å²) in [7, 11) is 0. The molecular weight excluding hydrogens is 414 g/mol. The van der Waals surface area contributed by atoms with Gasteiger partial charge >= 0.3 is 11.9 Å². The highest BCUT2D eigenvalue weighted by Gasteiger charge is 2.40. The minimum absolute atomic E-state index is 0.00428. The molecule has 1 atom stereocenters. The average molecular weight is 446 g/mol. The Morgan fingerprint density at radius 2 is 1.18 bits per heavy atom. The minimum Gasteiger partial charge on any atom is -0.480 e. The first-order chi connectivity index (χ1) is 15.7. The summed E-state index contributed by atoms with van der Waals surface area (Å²) in [6.07, 6.45) is 0.0915. The van der Waals surface area contributed by atoms with Crippen molar-refractivity contribution < 1.29 is 19.4 Å². The summed E-state index contributed by atoms with van der Waals surface area (Å²) in [6, 6.07) is 28.4. The number of nitrogens with one attached hydrogen (secondary N) is 1. The van der Waals surface area contributed by atoms with Crippen LogP contribution in [0.5, 0.6) is 0 Å². The van der Waals surface area contributed by atoms with E-state index in [1.54, 1.807) is 20.8 Å². The molecule has 0 aromatic heterocycles. The van der Waals surface area contributed by atoms with Gasteiger partial charge in [0.05, 0.1) is 5.54 Å². The Morgan fingerprint density at radius 3 is 1.52 bits per heavy atom. The lowest BCUT2D eigenvalue weighted by Gasteiger charge is -2.39. The first-order valence-electron chi connectivity index (χ1n) is 11.1. The molecule has 0 unspecified atom stereocenters. The number of carboxylic acids is 1. The lowest BCUT2D eigenvalue weighted by molar-refractivity contribution is -0.155. The molecule has 0 aliphatic rings. The van der Waals surface area contributed by atoms with Crippen LogP contribution in [0.25, 0.3) is 0 Å². The predicted octanol–water partition coefficient (Wildman–Crippen LogP) is 5.14. The van der Waals surface area contributed by atoms with Crippen LogP contribution in [0.2, 0.25) is 0 Å². The average Bonchev–Trinajstić information content (AvgIpc) is 2.80. The number of carboxylic acid groups (broad SMARTS) is 1. The molecule has 0 amide bonds. The van der Waals surface area contributed by atoms with E-state index in [0.29, 0.717) is 0 Å². The zero-order chi connectivity index (χ0) is 23.9. The van der Waals surface area contributed by atoms with Crippen LogP contribution in [-0.4, -0.2) is 28.7 Å². The fourth-order valence-electron chi connectivity index (χ4n) is 3.99. The standard InChI is InChI=1S/C28H31NO4/c1-27(2,3)33-25(30)20-19-24(26(31)32)29-28(21-13-7-4-8-14-21,22-15-9-5-10-16-22)23-17-11-6-12-18-23/h4-18,24,29H,19-20H2,1-3H3,(H,31,32)/t24-/m1/s1. The van der Waals surface area contributed by atoms with Gasteiger partial charge in [0.15, 0.2) is 0 Å². The Balaban J connectivity index is 2.07. The van der Waals surface area contributed by atoms with E-state index < -0.39 is 29.1 Å². The first-order valence-corrected chi connectivity index (χ1v) is 11.1. The van der Waals surface area contributed by atoms with Gasteiger partial charge in [0.1, 0.15) is 11.6 Å². The van der Waals surface area contributed by atoms with Crippen molar-refractivity contribution in [1.29, 1.82) is 0 Å². The Labute approximate surface area is 195 Å². The number of hydrogen-bond donors (Lipinski definition) is 2. The Hall–Kier alpha value is -3.44. The molecule has 5 nitrogen and oxygen atoms in total. The maximum absolute atomic E-state index is 12.4. The van der Waals surface area contributed by atoms with Crippen LogP contribution in [0.15, 0.2) is 91.0 Å². The molecule has 0 saturated carbocycles. The van der Waals surface area contributed by atoms with Gasteiger partial charge in [0, 0.05) is 6.42 Å². The van der Waals surface area contributed by atoms with Gasteiger partial charge in [-0.25, -0.2) is 0 Å². The number of rotatable bonds is 9. The van der Waals surface area contributed by atoms with Gasteiger partial charge in [-0.3, -0.25) is 14.9 Å². The van der Waals surface area contributed by atoms with Crippen molar-refractivity contribution >= 4 is 11.9 Å². The molecule has 0 heterocycles. The third kappa shape index (κ3) is 6.08. The number of carbonyl (C=O) groups is 2. The van der Waals surface area contributed by atoms with E-state index in [2.05, 4.69) is 5.32 Å². The van der Waals surface area contributed by atoms with E-state index >= 15 is 0 Å². The van der Waals surface area contributed by atoms with Gasteiger partial charge in [-0.2, -0.15) is 0 Å². The SMILES string of the molecule is CC(C)(C)OC(=O)CC[C@@H](NC(c1ccccc1)(c1ccccc1)c1ccccc1)C(=O)O. The van der Waals surface area contributed by atoms with Gasteiger partial charge in [-0.05, 0) is 43.9 Å². The van der Waals surface area contributed by atoms with Crippen LogP contribution in [0.4, 0.5) is 0 Å². The molecule has 0 bridgehead atoms. The summed E-state index contributed by atoms with van der Waals surface area (Å²) >= 11 is 0. The van der Waals surface area contributed by atoms with E-state index in [-0.39, 0.29) is 12.8 Å². The van der Waals surface area contributed by atoms with Gasteiger partial charge in [-0.1, -0.05) is 91.0 Å². The number of hydrogen-bond acceptors (Lipinski definition) is 4. The van der Waals surface area contributed by atoms with Crippen molar-refractivity contribution in [2.45, 2.75) is 50.8 Å². The summed E-state index contributed by atoms with van der Waals surface area (Å²) in [4.78, 5) is 24.7. The molecule has 5 heteroatoms. The normalized spacial score (nSPS) is 12.7. The molecule has 0 fully saturated rings. The number of aliphatic carboxylic acids is 1. The summed E-state index contributed by atoms with van der Waals surface area (Å²) in [5, 5.41) is 13.5. The van der Waals surface area contributed by atoms with E-state index in [4.69, 9.17) is 4.74 Å². The second-order valence-electron chi connectivity index (χ2n) is 9.01. The fraction of sp³-hybridized carbons (Fsp3) is 0.286. The van der Waals surface area contributed by atoms with Crippen LogP contribution in [0.3, 0.4) is 0 Å². The quantitative estimate of drug-likeness (QED) is 0.352. The van der Waals surface area contributed by atoms with Gasteiger partial charge in [0.2, 0.25) is 0 Å². The molecule has 2 N–H and O–H groups in total. The van der Waals surface area contributed by atoms with Gasteiger partial charge < -0.3 is 9.84 Å². The maximum Gasteiger partial charge on any atom is 0.320 e. The van der Waals surface area contributed by atoms with Crippen molar-refractivity contribution in [3.8, 4) is 0 Å². The molecule has 3 aromatic rings. The van der Waals surface area contributed by atoms with Crippen LogP contribution >= 0.6 is 0 Å². The molecule has 0 radical (unpaired) electrons. The zero-order valence-electron chi connectivity index (χ0n) is 19.3. The van der Waals surface area contributed by atoms with E-state index in [1.807, 2.05) is 91.0 Å². The second-order valence-corrected chi connectivity index (χ2v) is 9.01. The molecule has 0 aliphatic heterocycles. The lowest BCUT2D eigenvalue weighted by Crippen LogP contribution is -2.52. The Bertz CT molecular complexity index is 947. The fourth-order valence-corrected chi connectivity index (χ4v) is 3.99. The second kappa shape index (κ2) is 10.5. The molecule has 172 valence electrons. The summed E-state index contributed by atoms with van der Waals surface area (Å²) in [5.41, 5.74) is 1.18. The third-order valence-electron chi connectivity index (χ3n) is 5.37. The molecule has 3 aromatic carbocycles. The van der Waals surface area contributed by atoms with Crippen molar-refractivity contribution in [1.82, 2.24) is 5.32 Å². The summed E-state index contributed by atoms with van der Waals surface area (Å²) < 4.78 is 5.39. The van der Waals surface area contributed by atoms with E-state index in [9.17, 15) is 14.7 Å². The molecular formula is C28H31NO4. The Morgan fingerprint density at radius 1 is 0.788 bits per heavy atom. The highest BCUT2D eigenvalue weighted by Crippen LogP contribution is 2.37. The van der Waals surface area contributed by atoms with Gasteiger partial charge in [-0.15, -0.1) is 0 Å². The van der Waals surface area contributed by atoms with Gasteiger partial charge in [0.25, 0.3) is 0 Å². The highest BCUT2D eigenvalue weighted by atomic mass is 16.6. The number of benzene rings is 3. The third-order valence-corrected chi connectivity index (χ3v) is 5.37. The largest absolute Gasteiger partial charge is 0.480 e. The van der Waals surface area contributed by atoms with Crippen molar-refractivity contribution in [2.24, 2.45) is 0 Å².